The van der Waals surface area contributed by atoms with Crippen molar-refractivity contribution >= 4 is 5.97 Å². The Morgan fingerprint density at radius 3 is 3.31 bits per heavy atom. The lowest BCUT2D eigenvalue weighted by molar-refractivity contribution is -0.151. The van der Waals surface area contributed by atoms with E-state index in [0.717, 1.165) is 25.5 Å². The average molecular weight is 225 g/mol. The lowest BCUT2D eigenvalue weighted by Crippen LogP contribution is -2.36. The van der Waals surface area contributed by atoms with Gasteiger partial charge < -0.3 is 9.40 Å². The van der Waals surface area contributed by atoms with Crippen LogP contribution in [0.4, 0.5) is 0 Å². The minimum atomic E-state index is -0.351. The fraction of sp³-hybridized carbons (Fsp3) is 0.556. The van der Waals surface area contributed by atoms with Crippen LogP contribution in [0.2, 0.25) is 0 Å². The number of hydrazine groups is 1. The van der Waals surface area contributed by atoms with Crippen molar-refractivity contribution in [1.82, 2.24) is 20.0 Å². The Labute approximate surface area is 93.1 Å². The predicted molar refractivity (Wildman–Crippen MR) is 55.5 cm³/mol. The number of nitrogens with zero attached hydrogens (tertiary/aromatic N) is 3. The maximum Gasteiger partial charge on any atom is 0.327 e. The van der Waals surface area contributed by atoms with E-state index in [1.165, 1.54) is 0 Å². The molecule has 3 N–H and O–H groups in total. The molecule has 2 heterocycles. The fourth-order valence-electron chi connectivity index (χ4n) is 1.78. The molecular formula is C9H15N5O2. The van der Waals surface area contributed by atoms with Gasteiger partial charge in [-0.1, -0.05) is 5.59 Å². The van der Waals surface area contributed by atoms with Gasteiger partial charge in [-0.3, -0.25) is 9.69 Å². The van der Waals surface area contributed by atoms with Crippen molar-refractivity contribution in [1.29, 1.82) is 0 Å². The molecule has 1 aromatic heterocycles. The molecule has 0 saturated heterocycles. The molecule has 0 aromatic carbocycles. The fourth-order valence-corrected chi connectivity index (χ4v) is 1.78. The molecule has 0 amide bonds. The molecular weight excluding hydrogens is 210 g/mol. The second-order valence-electron chi connectivity index (χ2n) is 3.65. The Bertz CT molecular complexity index is 365. The molecule has 0 bridgehead atoms. The number of imidazole rings is 1. The molecule has 7 nitrogen and oxygen atoms in total. The van der Waals surface area contributed by atoms with E-state index in [-0.39, 0.29) is 5.97 Å². The lowest BCUT2D eigenvalue weighted by atomic mass is 10.3. The summed E-state index contributed by atoms with van der Waals surface area (Å²) in [5.74, 6) is 5.56. The first-order valence-corrected chi connectivity index (χ1v) is 5.17. The molecule has 1 aliphatic rings. The van der Waals surface area contributed by atoms with Gasteiger partial charge in [0.15, 0.2) is 0 Å². The summed E-state index contributed by atoms with van der Waals surface area (Å²) >= 11 is 0. The molecule has 0 fully saturated rings. The van der Waals surface area contributed by atoms with Crippen LogP contribution in [-0.2, 0) is 22.7 Å². The molecule has 88 valence electrons. The van der Waals surface area contributed by atoms with Gasteiger partial charge in [-0.15, -0.1) is 0 Å². The third-order valence-electron chi connectivity index (χ3n) is 2.63. The second-order valence-corrected chi connectivity index (χ2v) is 3.65. The number of aromatic nitrogens is 2. The highest BCUT2D eigenvalue weighted by molar-refractivity contribution is 5.69. The van der Waals surface area contributed by atoms with Crippen molar-refractivity contribution in [3.05, 3.63) is 18.2 Å². The van der Waals surface area contributed by atoms with Gasteiger partial charge in [0.25, 0.3) is 0 Å². The van der Waals surface area contributed by atoms with E-state index in [0.29, 0.717) is 13.0 Å². The van der Waals surface area contributed by atoms with Crippen LogP contribution in [0.25, 0.3) is 0 Å². The second kappa shape index (κ2) is 5.06. The molecule has 0 unspecified atom stereocenters. The highest BCUT2D eigenvalue weighted by atomic mass is 16.7. The summed E-state index contributed by atoms with van der Waals surface area (Å²) in [4.78, 5) is 21.9. The van der Waals surface area contributed by atoms with Crippen molar-refractivity contribution in [2.24, 2.45) is 5.84 Å². The largest absolute Gasteiger partial charge is 0.356 e. The monoisotopic (exact) mass is 225 g/mol. The number of nitrogens with one attached hydrogen (secondary N) is 1. The highest BCUT2D eigenvalue weighted by Gasteiger charge is 2.17. The third kappa shape index (κ3) is 2.57. The standard InChI is InChI=1S/C9H15N5O2/c10-12-16-9(15)1-3-13-5-6-14-4-2-11-8(14)7-13/h2,4,12H,1,3,5-7,10H2. The molecule has 1 aliphatic heterocycles. The van der Waals surface area contributed by atoms with Crippen molar-refractivity contribution in [2.45, 2.75) is 19.5 Å². The minimum absolute atomic E-state index is 0.324. The maximum absolute atomic E-state index is 11.1. The molecule has 2 rings (SSSR count). The van der Waals surface area contributed by atoms with Crippen LogP contribution < -0.4 is 11.4 Å². The lowest BCUT2D eigenvalue weighted by Gasteiger charge is -2.26. The van der Waals surface area contributed by atoms with E-state index in [1.807, 2.05) is 11.8 Å². The first-order valence-electron chi connectivity index (χ1n) is 5.17. The zero-order valence-electron chi connectivity index (χ0n) is 8.93. The smallest absolute Gasteiger partial charge is 0.327 e. The van der Waals surface area contributed by atoms with Gasteiger partial charge >= 0.3 is 5.97 Å². The highest BCUT2D eigenvalue weighted by Crippen LogP contribution is 2.10. The summed E-state index contributed by atoms with van der Waals surface area (Å²) in [6.45, 7) is 3.27. The number of carbonyl (C=O) groups is 1. The van der Waals surface area contributed by atoms with Gasteiger partial charge in [0.1, 0.15) is 5.82 Å². The molecule has 0 radical (unpaired) electrons. The van der Waals surface area contributed by atoms with Crippen molar-refractivity contribution in [3.63, 3.8) is 0 Å². The molecule has 0 saturated carbocycles. The van der Waals surface area contributed by atoms with Crippen molar-refractivity contribution in [2.75, 3.05) is 13.1 Å². The topological polar surface area (TPSA) is 85.4 Å². The number of fused-ring (bicyclic) bond motifs is 1. The summed E-state index contributed by atoms with van der Waals surface area (Å²) in [6, 6.07) is 0. The SMILES string of the molecule is NNOC(=O)CCN1CCn2ccnc2C1. The maximum atomic E-state index is 11.1. The quantitative estimate of drug-likeness (QED) is 0.505. The van der Waals surface area contributed by atoms with Gasteiger partial charge in [0.2, 0.25) is 0 Å². The summed E-state index contributed by atoms with van der Waals surface area (Å²) in [5, 5.41) is 0. The molecule has 7 heteroatoms. The van der Waals surface area contributed by atoms with E-state index in [1.54, 1.807) is 6.20 Å². The van der Waals surface area contributed by atoms with E-state index in [2.05, 4.69) is 19.3 Å². The third-order valence-corrected chi connectivity index (χ3v) is 2.63. The van der Waals surface area contributed by atoms with Crippen LogP contribution in [0, 0.1) is 0 Å². The van der Waals surface area contributed by atoms with Crippen molar-refractivity contribution < 1.29 is 9.63 Å². The van der Waals surface area contributed by atoms with Crippen LogP contribution in [0.5, 0.6) is 0 Å². The molecule has 0 spiro atoms. The van der Waals surface area contributed by atoms with Gasteiger partial charge in [0.05, 0.1) is 13.0 Å². The number of nitrogens with two attached hydrogens (primary N) is 1. The van der Waals surface area contributed by atoms with Crippen LogP contribution in [0.3, 0.4) is 0 Å². The zero-order valence-corrected chi connectivity index (χ0v) is 8.93. The predicted octanol–water partition coefficient (Wildman–Crippen LogP) is -0.990. The molecule has 1 aromatic rings. The van der Waals surface area contributed by atoms with Gasteiger partial charge in [-0.25, -0.2) is 10.8 Å². The summed E-state index contributed by atoms with van der Waals surface area (Å²) in [6.07, 6.45) is 4.09. The number of rotatable bonds is 4. The van der Waals surface area contributed by atoms with E-state index in [9.17, 15) is 4.79 Å². The number of carbonyl (C=O) groups excluding carboxylic acids is 1. The normalized spacial score (nSPS) is 15.8. The first kappa shape index (κ1) is 11.1. The van der Waals surface area contributed by atoms with Crippen LogP contribution in [0.1, 0.15) is 12.2 Å². The molecule has 16 heavy (non-hydrogen) atoms. The Kier molecular flexibility index (Phi) is 3.50. The summed E-state index contributed by atoms with van der Waals surface area (Å²) in [5.41, 5.74) is 1.88. The first-order chi connectivity index (χ1) is 7.79. The summed E-state index contributed by atoms with van der Waals surface area (Å²) < 4.78 is 2.12. The summed E-state index contributed by atoms with van der Waals surface area (Å²) in [7, 11) is 0. The van der Waals surface area contributed by atoms with Crippen LogP contribution in [-0.4, -0.2) is 33.5 Å². The van der Waals surface area contributed by atoms with E-state index >= 15 is 0 Å². The van der Waals surface area contributed by atoms with Crippen molar-refractivity contribution in [3.8, 4) is 0 Å². The molecule has 0 atom stereocenters. The Balaban J connectivity index is 1.79. The Hall–Kier alpha value is -1.44. The average Bonchev–Trinajstić information content (AvgIpc) is 2.74. The Morgan fingerprint density at radius 1 is 1.62 bits per heavy atom. The molecule has 0 aliphatic carbocycles. The minimum Gasteiger partial charge on any atom is -0.356 e. The number of hydrogen-bond donors (Lipinski definition) is 2. The Morgan fingerprint density at radius 2 is 2.50 bits per heavy atom. The zero-order chi connectivity index (χ0) is 11.4. The van der Waals surface area contributed by atoms with Crippen LogP contribution in [0.15, 0.2) is 12.4 Å². The van der Waals surface area contributed by atoms with Gasteiger partial charge in [-0.05, 0) is 0 Å². The van der Waals surface area contributed by atoms with E-state index < -0.39 is 0 Å². The van der Waals surface area contributed by atoms with E-state index in [4.69, 9.17) is 5.84 Å². The van der Waals surface area contributed by atoms with Gasteiger partial charge in [-0.2, -0.15) is 0 Å². The number of hydrogen-bond acceptors (Lipinski definition) is 6. The van der Waals surface area contributed by atoms with Gasteiger partial charge in [0, 0.05) is 32.0 Å². The van der Waals surface area contributed by atoms with Crippen LogP contribution >= 0.6 is 0 Å².